The summed E-state index contributed by atoms with van der Waals surface area (Å²) >= 11 is 0. The van der Waals surface area contributed by atoms with Gasteiger partial charge in [0.25, 0.3) is 0 Å². The van der Waals surface area contributed by atoms with E-state index in [0.29, 0.717) is 6.54 Å². The lowest BCUT2D eigenvalue weighted by molar-refractivity contribution is -0.213. The summed E-state index contributed by atoms with van der Waals surface area (Å²) in [6, 6.07) is -0.197. The molecule has 2 aliphatic rings. The molecule has 3 atom stereocenters. The highest BCUT2D eigenvalue weighted by Gasteiger charge is 2.56. The second-order valence-corrected chi connectivity index (χ2v) is 3.40. The van der Waals surface area contributed by atoms with Crippen molar-refractivity contribution >= 4 is 0 Å². The summed E-state index contributed by atoms with van der Waals surface area (Å²) in [4.78, 5) is 0. The van der Waals surface area contributed by atoms with Crippen molar-refractivity contribution in [2.75, 3.05) is 27.4 Å². The fraction of sp³-hybridized carbons (Fsp3) is 1.00. The zero-order valence-corrected chi connectivity index (χ0v) is 7.75. The van der Waals surface area contributed by atoms with Crippen LogP contribution < -0.4 is 5.32 Å². The van der Waals surface area contributed by atoms with E-state index in [1.807, 2.05) is 0 Å². The summed E-state index contributed by atoms with van der Waals surface area (Å²) in [6.45, 7) is 0.590. The molecule has 0 radical (unpaired) electrons. The molecular weight excluding hydrogens is 177 g/mol. The predicted octanol–water partition coefficient (Wildman–Crippen LogP) is -0.316. The lowest BCUT2D eigenvalue weighted by Gasteiger charge is -2.29. The predicted molar refractivity (Wildman–Crippen MR) is 43.2 cm³/mol. The third-order valence-electron chi connectivity index (χ3n) is 2.86. The first-order valence-electron chi connectivity index (χ1n) is 4.33. The van der Waals surface area contributed by atoms with Crippen LogP contribution in [0.1, 0.15) is 0 Å². The van der Waals surface area contributed by atoms with E-state index in [0.717, 1.165) is 0 Å². The fourth-order valence-electron chi connectivity index (χ4n) is 2.04. The van der Waals surface area contributed by atoms with Gasteiger partial charge in [0, 0.05) is 20.8 Å². The Morgan fingerprint density at radius 2 is 2.15 bits per heavy atom. The highest BCUT2D eigenvalue weighted by molar-refractivity contribution is 5.05. The maximum atomic E-state index is 13.2. The van der Waals surface area contributed by atoms with Gasteiger partial charge in [-0.05, 0) is 0 Å². The number of rotatable bonds is 2. The van der Waals surface area contributed by atoms with Gasteiger partial charge in [-0.25, -0.2) is 4.39 Å². The van der Waals surface area contributed by atoms with Gasteiger partial charge in [-0.1, -0.05) is 0 Å². The average molecular weight is 191 g/mol. The van der Waals surface area contributed by atoms with Crippen LogP contribution >= 0.6 is 0 Å². The van der Waals surface area contributed by atoms with Crippen molar-refractivity contribution in [1.29, 1.82) is 0 Å². The Balaban J connectivity index is 2.17. The molecule has 0 aliphatic carbocycles. The van der Waals surface area contributed by atoms with Crippen molar-refractivity contribution in [3.05, 3.63) is 0 Å². The van der Waals surface area contributed by atoms with Crippen molar-refractivity contribution in [3.63, 3.8) is 0 Å². The average Bonchev–Trinajstić information content (AvgIpc) is 2.68. The molecular formula is C8H14FNO3. The lowest BCUT2D eigenvalue weighted by atomic mass is 10.1. The molecule has 5 heteroatoms. The molecule has 2 saturated heterocycles. The highest BCUT2D eigenvalue weighted by atomic mass is 19.1. The summed E-state index contributed by atoms with van der Waals surface area (Å²) in [7, 11) is 3.09. The molecule has 0 saturated carbocycles. The first-order valence-corrected chi connectivity index (χ1v) is 4.33. The van der Waals surface area contributed by atoms with Gasteiger partial charge in [0.1, 0.15) is 18.9 Å². The standard InChI is InChI=1S/C8H14FNO3/c1-11-8(12-2)4-13-6-5(9)3-10-7(6)8/h5-7,10H,3-4H2,1-2H3/t5-,6+,7-/m0/s1. The van der Waals surface area contributed by atoms with Crippen LogP contribution in [0.3, 0.4) is 0 Å². The van der Waals surface area contributed by atoms with E-state index in [4.69, 9.17) is 14.2 Å². The maximum absolute atomic E-state index is 13.2. The third-order valence-corrected chi connectivity index (χ3v) is 2.86. The third kappa shape index (κ3) is 1.19. The Morgan fingerprint density at radius 3 is 2.77 bits per heavy atom. The Morgan fingerprint density at radius 1 is 1.46 bits per heavy atom. The Hall–Kier alpha value is -0.230. The molecule has 13 heavy (non-hydrogen) atoms. The van der Waals surface area contributed by atoms with Crippen LogP contribution in [0.2, 0.25) is 0 Å². The number of methoxy groups -OCH3 is 2. The zero-order valence-electron chi connectivity index (χ0n) is 7.75. The van der Waals surface area contributed by atoms with E-state index >= 15 is 0 Å². The Bertz CT molecular complexity index is 198. The van der Waals surface area contributed by atoms with Gasteiger partial charge >= 0.3 is 0 Å². The fourth-order valence-corrected chi connectivity index (χ4v) is 2.04. The van der Waals surface area contributed by atoms with Gasteiger partial charge in [-0.15, -0.1) is 0 Å². The molecule has 0 unspecified atom stereocenters. The molecule has 2 fully saturated rings. The van der Waals surface area contributed by atoms with Crippen LogP contribution in [0, 0.1) is 0 Å². The van der Waals surface area contributed by atoms with E-state index in [9.17, 15) is 4.39 Å². The van der Waals surface area contributed by atoms with Crippen molar-refractivity contribution in [1.82, 2.24) is 5.32 Å². The highest BCUT2D eigenvalue weighted by Crippen LogP contribution is 2.34. The van der Waals surface area contributed by atoms with E-state index < -0.39 is 18.1 Å². The molecule has 2 rings (SSSR count). The van der Waals surface area contributed by atoms with Crippen LogP contribution in [0.15, 0.2) is 0 Å². The number of ether oxygens (including phenoxy) is 3. The summed E-state index contributed by atoms with van der Waals surface area (Å²) in [6.07, 6.45) is -1.39. The second kappa shape index (κ2) is 3.16. The Kier molecular flexibility index (Phi) is 2.27. The van der Waals surface area contributed by atoms with Gasteiger partial charge in [0.05, 0.1) is 6.04 Å². The number of hydrogen-bond donors (Lipinski definition) is 1. The number of alkyl halides is 1. The van der Waals surface area contributed by atoms with Gasteiger partial charge in [-0.2, -0.15) is 0 Å². The molecule has 0 bridgehead atoms. The smallest absolute Gasteiger partial charge is 0.209 e. The van der Waals surface area contributed by atoms with Crippen molar-refractivity contribution in [2.45, 2.75) is 24.1 Å². The van der Waals surface area contributed by atoms with E-state index in [-0.39, 0.29) is 12.6 Å². The minimum atomic E-state index is -0.961. The largest absolute Gasteiger partial charge is 0.368 e. The molecule has 0 spiro atoms. The maximum Gasteiger partial charge on any atom is 0.209 e. The second-order valence-electron chi connectivity index (χ2n) is 3.40. The van der Waals surface area contributed by atoms with Gasteiger partial charge in [0.15, 0.2) is 0 Å². The van der Waals surface area contributed by atoms with Crippen molar-refractivity contribution in [3.8, 4) is 0 Å². The van der Waals surface area contributed by atoms with Gasteiger partial charge in [-0.3, -0.25) is 0 Å². The van der Waals surface area contributed by atoms with Crippen LogP contribution in [0.5, 0.6) is 0 Å². The van der Waals surface area contributed by atoms with Crippen LogP contribution in [-0.2, 0) is 14.2 Å². The number of halogens is 1. The zero-order chi connectivity index (χ0) is 9.47. The van der Waals surface area contributed by atoms with E-state index in [2.05, 4.69) is 5.32 Å². The molecule has 0 aromatic carbocycles. The number of fused-ring (bicyclic) bond motifs is 1. The molecule has 76 valence electrons. The van der Waals surface area contributed by atoms with E-state index in [1.54, 1.807) is 14.2 Å². The molecule has 2 aliphatic heterocycles. The summed E-state index contributed by atoms with van der Waals surface area (Å²) in [5, 5.41) is 3.01. The molecule has 4 nitrogen and oxygen atoms in total. The van der Waals surface area contributed by atoms with Gasteiger partial charge < -0.3 is 19.5 Å². The lowest BCUT2D eigenvalue weighted by Crippen LogP contribution is -2.51. The Labute approximate surface area is 76.3 Å². The van der Waals surface area contributed by atoms with Crippen LogP contribution in [0.4, 0.5) is 4.39 Å². The summed E-state index contributed by atoms with van der Waals surface area (Å²) in [5.41, 5.74) is 0. The van der Waals surface area contributed by atoms with E-state index in [1.165, 1.54) is 0 Å². The minimum absolute atomic E-state index is 0.197. The molecule has 0 aromatic heterocycles. The van der Waals surface area contributed by atoms with Crippen LogP contribution in [-0.4, -0.2) is 51.5 Å². The molecule has 0 aromatic rings. The molecule has 1 N–H and O–H groups in total. The quantitative estimate of drug-likeness (QED) is 0.607. The SMILES string of the molecule is COC1(OC)CO[C@@H]2[C@@H](F)CN[C@@H]21. The molecule has 2 heterocycles. The van der Waals surface area contributed by atoms with Crippen LogP contribution in [0.25, 0.3) is 0 Å². The normalized spacial score (nSPS) is 42.2. The number of nitrogens with one attached hydrogen (secondary N) is 1. The monoisotopic (exact) mass is 191 g/mol. The van der Waals surface area contributed by atoms with Crippen molar-refractivity contribution in [2.24, 2.45) is 0 Å². The molecule has 0 amide bonds. The number of hydrogen-bond acceptors (Lipinski definition) is 4. The van der Waals surface area contributed by atoms with Crippen molar-refractivity contribution < 1.29 is 18.6 Å². The summed E-state index contributed by atoms with van der Waals surface area (Å²) < 4.78 is 29.0. The first kappa shape index (κ1) is 9.33. The first-order chi connectivity index (χ1) is 6.23. The topological polar surface area (TPSA) is 39.7 Å². The summed E-state index contributed by atoms with van der Waals surface area (Å²) in [5.74, 6) is -0.814. The minimum Gasteiger partial charge on any atom is -0.368 e. The van der Waals surface area contributed by atoms with Gasteiger partial charge in [0.2, 0.25) is 5.79 Å².